The minimum absolute atomic E-state index is 0.0143. The summed E-state index contributed by atoms with van der Waals surface area (Å²) in [7, 11) is -0.958. The van der Waals surface area contributed by atoms with Gasteiger partial charge in [-0.05, 0) is 55.5 Å². The number of nitrogens with zero attached hydrogens (tertiary/aromatic N) is 5. The molecule has 2 heterocycles. The molecule has 1 atom stereocenters. The first kappa shape index (κ1) is 29.5. The van der Waals surface area contributed by atoms with Crippen LogP contribution in [0.3, 0.4) is 0 Å². The Hall–Kier alpha value is -4.01. The molecular weight excluding hydrogens is 583 g/mol. The predicted molar refractivity (Wildman–Crippen MR) is 161 cm³/mol. The summed E-state index contributed by atoms with van der Waals surface area (Å²) >= 11 is 1.60. The molecule has 0 aromatic heterocycles. The number of likely N-dealkylation sites (N-methyl/N-ethyl adjacent to an activating group) is 1. The number of fused-ring (bicyclic) bond motifs is 3. The number of nitrogens with one attached hydrogen (secondary N) is 1. The molecule has 0 amide bonds. The molecule has 14 heteroatoms. The number of benzene rings is 3. The molecule has 1 unspecified atom stereocenters. The number of nitro benzene ring substituents is 1. The van der Waals surface area contributed by atoms with Gasteiger partial charge in [-0.2, -0.15) is 17.8 Å². The van der Waals surface area contributed by atoms with Crippen molar-refractivity contribution in [3.8, 4) is 5.75 Å². The van der Waals surface area contributed by atoms with Crippen molar-refractivity contribution in [1.29, 1.82) is 0 Å². The molecule has 42 heavy (non-hydrogen) atoms. The molecule has 0 saturated carbocycles. The van der Waals surface area contributed by atoms with Gasteiger partial charge in [-0.15, -0.1) is 16.2 Å². The van der Waals surface area contributed by atoms with Crippen LogP contribution < -0.4 is 15.1 Å². The molecule has 220 valence electrons. The van der Waals surface area contributed by atoms with E-state index in [9.17, 15) is 18.5 Å². The molecule has 0 bridgehead atoms. The Balaban J connectivity index is 1.73. The van der Waals surface area contributed by atoms with Crippen LogP contribution >= 0.6 is 11.8 Å². The molecule has 1 saturated heterocycles. The molecule has 11 nitrogen and oxygen atoms in total. The number of nitro groups is 1. The number of hydrogen-bond donors (Lipinski definition) is 1. The van der Waals surface area contributed by atoms with Crippen molar-refractivity contribution < 1.29 is 22.5 Å². The second-order valence-electron chi connectivity index (χ2n) is 9.75. The van der Waals surface area contributed by atoms with Gasteiger partial charge in [0.25, 0.3) is 10.0 Å². The van der Waals surface area contributed by atoms with Gasteiger partial charge in [0, 0.05) is 29.1 Å². The molecule has 3 aromatic carbocycles. The van der Waals surface area contributed by atoms with E-state index in [1.54, 1.807) is 42.0 Å². The lowest BCUT2D eigenvalue weighted by atomic mass is 9.99. The molecular formula is C28H29FN6O5S2. The zero-order valence-electron chi connectivity index (χ0n) is 23.4. The Morgan fingerprint density at radius 3 is 2.60 bits per heavy atom. The number of hydrazine groups is 1. The number of ether oxygens (including phenoxy) is 1. The van der Waals surface area contributed by atoms with Gasteiger partial charge in [0.05, 0.1) is 34.9 Å². The normalized spacial score (nSPS) is 17.7. The van der Waals surface area contributed by atoms with Crippen molar-refractivity contribution in [1.82, 2.24) is 10.4 Å². The van der Waals surface area contributed by atoms with Crippen LogP contribution in [0, 0.1) is 22.9 Å². The summed E-state index contributed by atoms with van der Waals surface area (Å²) in [6, 6.07) is 14.0. The zero-order chi connectivity index (χ0) is 30.2. The predicted octanol–water partition coefficient (Wildman–Crippen LogP) is 4.73. The first-order chi connectivity index (χ1) is 20.0. The highest BCUT2D eigenvalue weighted by Gasteiger charge is 2.41. The summed E-state index contributed by atoms with van der Waals surface area (Å²) in [4.78, 5) is 18.3. The van der Waals surface area contributed by atoms with Gasteiger partial charge in [-0.25, -0.2) is 0 Å². The smallest absolute Gasteiger partial charge is 0.306 e. The van der Waals surface area contributed by atoms with E-state index in [4.69, 9.17) is 9.73 Å². The Morgan fingerprint density at radius 1 is 1.19 bits per heavy atom. The topological polar surface area (TPSA) is 130 Å². The summed E-state index contributed by atoms with van der Waals surface area (Å²) < 4.78 is 51.4. The second kappa shape index (κ2) is 11.7. The van der Waals surface area contributed by atoms with E-state index in [2.05, 4.69) is 16.7 Å². The van der Waals surface area contributed by atoms with Gasteiger partial charge in [-0.3, -0.25) is 25.4 Å². The van der Waals surface area contributed by atoms with E-state index in [-0.39, 0.29) is 28.7 Å². The standard InChI is InChI=1S/C28H29FN6O5S2/c1-5-12-41-25-11-8-18(40-4)13-21(25)27-20-14-22(29)24(35(36)37)15-23(20)34-26(16-30-27)33(3)31-28(34)32-42(38,39)19-9-6-17(2)7-10-19/h6-11,13-15,26H,5,12,16H2,1-4H3,(H,31,32). The summed E-state index contributed by atoms with van der Waals surface area (Å²) in [5, 5.41) is 13.4. The number of halogens is 1. The summed E-state index contributed by atoms with van der Waals surface area (Å²) in [6.07, 6.45) is 0.289. The molecule has 0 spiro atoms. The zero-order valence-corrected chi connectivity index (χ0v) is 25.0. The first-order valence-electron chi connectivity index (χ1n) is 13.1. The van der Waals surface area contributed by atoms with Crippen molar-refractivity contribution in [3.05, 3.63) is 87.2 Å². The first-order valence-corrected chi connectivity index (χ1v) is 15.5. The maximum atomic E-state index is 15.2. The van der Waals surface area contributed by atoms with Crippen LogP contribution in [0.5, 0.6) is 5.75 Å². The number of guanidine groups is 1. The lowest BCUT2D eigenvalue weighted by Crippen LogP contribution is -2.40. The summed E-state index contributed by atoms with van der Waals surface area (Å²) in [6.45, 7) is 4.01. The highest BCUT2D eigenvalue weighted by molar-refractivity contribution is 7.99. The van der Waals surface area contributed by atoms with Gasteiger partial charge in [0.2, 0.25) is 11.8 Å². The number of methoxy groups -OCH3 is 1. The lowest BCUT2D eigenvalue weighted by molar-refractivity contribution is -0.387. The minimum atomic E-state index is -4.18. The third-order valence-corrected chi connectivity index (χ3v) is 9.43. The average Bonchev–Trinajstić information content (AvgIpc) is 3.15. The number of aryl methyl sites for hydroxylation is 1. The van der Waals surface area contributed by atoms with Gasteiger partial charge in [-0.1, -0.05) is 24.6 Å². The number of anilines is 1. The van der Waals surface area contributed by atoms with Crippen molar-refractivity contribution in [3.63, 3.8) is 0 Å². The molecule has 2 aliphatic rings. The highest BCUT2D eigenvalue weighted by Crippen LogP contribution is 2.39. The fourth-order valence-corrected chi connectivity index (χ4v) is 6.59. The molecule has 2 aliphatic heterocycles. The quantitative estimate of drug-likeness (QED) is 0.218. The maximum absolute atomic E-state index is 15.2. The van der Waals surface area contributed by atoms with Crippen LogP contribution in [0.4, 0.5) is 15.8 Å². The fourth-order valence-electron chi connectivity index (χ4n) is 4.75. The summed E-state index contributed by atoms with van der Waals surface area (Å²) in [5.41, 5.74) is 4.60. The monoisotopic (exact) mass is 612 g/mol. The molecule has 1 N–H and O–H groups in total. The molecule has 3 aromatic rings. The Labute approximate surface area is 247 Å². The highest BCUT2D eigenvalue weighted by atomic mass is 32.2. The van der Waals surface area contributed by atoms with Crippen LogP contribution in [0.25, 0.3) is 0 Å². The van der Waals surface area contributed by atoms with Crippen molar-refractivity contribution in [2.24, 2.45) is 9.39 Å². The number of aliphatic imine (C=N–C) groups is 1. The van der Waals surface area contributed by atoms with E-state index in [0.29, 0.717) is 17.0 Å². The van der Waals surface area contributed by atoms with Crippen molar-refractivity contribution in [2.75, 3.05) is 31.4 Å². The minimum Gasteiger partial charge on any atom is -0.497 e. The van der Waals surface area contributed by atoms with Gasteiger partial charge in [0.15, 0.2) is 0 Å². The fraction of sp³-hybridized carbons (Fsp3) is 0.286. The number of sulfonamides is 1. The van der Waals surface area contributed by atoms with E-state index in [1.807, 2.05) is 19.1 Å². The van der Waals surface area contributed by atoms with E-state index in [1.165, 1.54) is 24.1 Å². The summed E-state index contributed by atoms with van der Waals surface area (Å²) in [5.74, 6) is 0.255. The SMILES string of the molecule is CCCSc1ccc(OC)cc1C1=NCC2N(C)NC(=NS(=O)(=O)c3ccc(C)cc3)N2c2cc([N+](=O)[O-])c(F)cc21. The Morgan fingerprint density at radius 2 is 1.93 bits per heavy atom. The lowest BCUT2D eigenvalue weighted by Gasteiger charge is -2.25. The van der Waals surface area contributed by atoms with Crippen LogP contribution in [0.2, 0.25) is 0 Å². The molecule has 0 aliphatic carbocycles. The third-order valence-electron chi connectivity index (χ3n) is 6.87. The molecule has 1 fully saturated rings. The van der Waals surface area contributed by atoms with Crippen LogP contribution in [-0.4, -0.2) is 62.6 Å². The van der Waals surface area contributed by atoms with E-state index < -0.39 is 32.6 Å². The van der Waals surface area contributed by atoms with Crippen LogP contribution in [0.1, 0.15) is 30.0 Å². The Bertz CT molecular complexity index is 1710. The maximum Gasteiger partial charge on any atom is 0.306 e. The number of thioether (sulfide) groups is 1. The van der Waals surface area contributed by atoms with Crippen molar-refractivity contribution in [2.45, 2.75) is 36.2 Å². The number of rotatable bonds is 8. The van der Waals surface area contributed by atoms with Crippen LogP contribution in [0.15, 0.2) is 73.8 Å². The van der Waals surface area contributed by atoms with Gasteiger partial charge in [0.1, 0.15) is 11.9 Å². The van der Waals surface area contributed by atoms with E-state index >= 15 is 4.39 Å². The van der Waals surface area contributed by atoms with Gasteiger partial charge < -0.3 is 4.74 Å². The molecule has 5 rings (SSSR count). The van der Waals surface area contributed by atoms with Crippen molar-refractivity contribution >= 4 is 44.8 Å². The third kappa shape index (κ3) is 5.56. The second-order valence-corrected chi connectivity index (χ2v) is 12.5. The Kier molecular flexibility index (Phi) is 8.21. The number of hydrogen-bond acceptors (Lipinski definition) is 8. The van der Waals surface area contributed by atoms with Crippen LogP contribution in [-0.2, 0) is 10.0 Å². The average molecular weight is 613 g/mol. The largest absolute Gasteiger partial charge is 0.497 e. The molecule has 0 radical (unpaired) electrons. The van der Waals surface area contributed by atoms with Gasteiger partial charge >= 0.3 is 5.69 Å². The van der Waals surface area contributed by atoms with E-state index in [0.717, 1.165) is 34.8 Å².